The molecule has 2 aromatic rings. The van der Waals surface area contributed by atoms with E-state index in [2.05, 4.69) is 9.82 Å². The summed E-state index contributed by atoms with van der Waals surface area (Å²) in [6, 6.07) is 4.27. The summed E-state index contributed by atoms with van der Waals surface area (Å²) < 4.78 is 33.8. The quantitative estimate of drug-likeness (QED) is 0.855. The second kappa shape index (κ2) is 5.92. The Kier molecular flexibility index (Phi) is 4.33. The van der Waals surface area contributed by atoms with Crippen LogP contribution in [0, 0.1) is 13.8 Å². The van der Waals surface area contributed by atoms with Crippen LogP contribution in [0.5, 0.6) is 5.88 Å². The van der Waals surface area contributed by atoms with Gasteiger partial charge >= 0.3 is 5.97 Å². The zero-order valence-electron chi connectivity index (χ0n) is 13.1. The molecule has 2 N–H and O–H groups in total. The first-order valence-electron chi connectivity index (χ1n) is 6.61. The predicted molar refractivity (Wildman–Crippen MR) is 83.4 cm³/mol. The van der Waals surface area contributed by atoms with E-state index in [4.69, 9.17) is 4.74 Å². The molecule has 0 radical (unpaired) electrons. The van der Waals surface area contributed by atoms with Crippen LogP contribution in [0.3, 0.4) is 0 Å². The van der Waals surface area contributed by atoms with Crippen molar-refractivity contribution in [1.29, 1.82) is 0 Å². The van der Waals surface area contributed by atoms with Gasteiger partial charge in [-0.3, -0.25) is 4.72 Å². The second-order valence-corrected chi connectivity index (χ2v) is 6.64. The predicted octanol–water partition coefficient (Wildman–Crippen LogP) is 1.54. The fraction of sp³-hybridized carbons (Fsp3) is 0.286. The minimum Gasteiger partial charge on any atom is -0.481 e. The lowest BCUT2D eigenvalue weighted by atomic mass is 10.0. The molecule has 0 saturated heterocycles. The molecular formula is C14H17N3O5S. The Labute approximate surface area is 133 Å². The van der Waals surface area contributed by atoms with Gasteiger partial charge in [-0.25, -0.2) is 17.9 Å². The molecule has 0 atom stereocenters. The van der Waals surface area contributed by atoms with Crippen LogP contribution in [0.1, 0.15) is 21.5 Å². The van der Waals surface area contributed by atoms with Crippen LogP contribution in [-0.4, -0.2) is 36.4 Å². The summed E-state index contributed by atoms with van der Waals surface area (Å²) in [5, 5.41) is 13.2. The molecule has 1 aromatic heterocycles. The van der Waals surface area contributed by atoms with Gasteiger partial charge in [-0.2, -0.15) is 5.10 Å². The summed E-state index contributed by atoms with van der Waals surface area (Å²) >= 11 is 0. The van der Waals surface area contributed by atoms with Crippen LogP contribution in [0.2, 0.25) is 0 Å². The molecule has 124 valence electrons. The van der Waals surface area contributed by atoms with Crippen molar-refractivity contribution in [3.05, 3.63) is 34.9 Å². The van der Waals surface area contributed by atoms with Gasteiger partial charge < -0.3 is 9.84 Å². The van der Waals surface area contributed by atoms with Crippen LogP contribution in [0.4, 0.5) is 5.82 Å². The number of methoxy groups -OCH3 is 1. The van der Waals surface area contributed by atoms with Gasteiger partial charge in [0.2, 0.25) is 5.88 Å². The molecule has 9 heteroatoms. The lowest BCUT2D eigenvalue weighted by Gasteiger charge is -2.12. The third kappa shape index (κ3) is 3.14. The number of hydrogen-bond acceptors (Lipinski definition) is 5. The van der Waals surface area contributed by atoms with E-state index < -0.39 is 16.0 Å². The molecule has 0 aliphatic heterocycles. The Morgan fingerprint density at radius 3 is 2.52 bits per heavy atom. The molecular weight excluding hydrogens is 322 g/mol. The minimum absolute atomic E-state index is 0.0218. The van der Waals surface area contributed by atoms with E-state index >= 15 is 0 Å². The van der Waals surface area contributed by atoms with Gasteiger partial charge in [-0.05, 0) is 31.0 Å². The van der Waals surface area contributed by atoms with Gasteiger partial charge in [-0.15, -0.1) is 0 Å². The Balaban J connectivity index is 2.47. The van der Waals surface area contributed by atoms with E-state index in [1.165, 1.54) is 36.9 Å². The van der Waals surface area contributed by atoms with E-state index in [0.717, 1.165) is 0 Å². The van der Waals surface area contributed by atoms with Crippen molar-refractivity contribution in [2.75, 3.05) is 11.8 Å². The van der Waals surface area contributed by atoms with E-state index in [0.29, 0.717) is 11.4 Å². The topological polar surface area (TPSA) is 111 Å². The summed E-state index contributed by atoms with van der Waals surface area (Å²) in [7, 11) is -0.923. The number of carboxylic acids is 1. The zero-order chi connectivity index (χ0) is 17.4. The summed E-state index contributed by atoms with van der Waals surface area (Å²) in [5.74, 6) is -0.702. The van der Waals surface area contributed by atoms with Crippen molar-refractivity contribution in [2.24, 2.45) is 7.05 Å². The largest absolute Gasteiger partial charge is 0.481 e. The number of carboxylic acid groups (broad SMARTS) is 1. The first-order chi connectivity index (χ1) is 10.7. The van der Waals surface area contributed by atoms with E-state index in [1.54, 1.807) is 14.0 Å². The molecule has 8 nitrogen and oxygen atoms in total. The van der Waals surface area contributed by atoms with Gasteiger partial charge in [0.25, 0.3) is 10.0 Å². The Bertz CT molecular complexity index is 871. The summed E-state index contributed by atoms with van der Waals surface area (Å²) in [6.07, 6.45) is 0. The van der Waals surface area contributed by atoms with Crippen molar-refractivity contribution in [2.45, 2.75) is 18.7 Å². The van der Waals surface area contributed by atoms with Gasteiger partial charge in [0.15, 0.2) is 5.82 Å². The smallest absolute Gasteiger partial charge is 0.336 e. The van der Waals surface area contributed by atoms with Gasteiger partial charge in [0, 0.05) is 13.1 Å². The molecule has 0 spiro atoms. The van der Waals surface area contributed by atoms with Gasteiger partial charge in [0.05, 0.1) is 17.6 Å². The van der Waals surface area contributed by atoms with Crippen molar-refractivity contribution in [3.63, 3.8) is 0 Å². The molecule has 2 rings (SSSR count). The highest BCUT2D eigenvalue weighted by atomic mass is 32.2. The van der Waals surface area contributed by atoms with Gasteiger partial charge in [0.1, 0.15) is 0 Å². The highest BCUT2D eigenvalue weighted by Crippen LogP contribution is 2.25. The van der Waals surface area contributed by atoms with Gasteiger partial charge in [-0.1, -0.05) is 6.07 Å². The van der Waals surface area contributed by atoms with Crippen LogP contribution < -0.4 is 9.46 Å². The Morgan fingerprint density at radius 2 is 2.00 bits per heavy atom. The summed E-state index contributed by atoms with van der Waals surface area (Å²) in [4.78, 5) is 11.2. The van der Waals surface area contributed by atoms with Crippen molar-refractivity contribution >= 4 is 21.8 Å². The molecule has 0 aliphatic carbocycles. The highest BCUT2D eigenvalue weighted by molar-refractivity contribution is 7.92. The number of aromatic carboxylic acids is 1. The molecule has 0 saturated carbocycles. The van der Waals surface area contributed by atoms with Crippen LogP contribution >= 0.6 is 0 Å². The number of benzene rings is 1. The number of rotatable bonds is 5. The number of carbonyl (C=O) groups is 1. The maximum atomic E-state index is 12.5. The molecule has 0 aliphatic rings. The summed E-state index contributed by atoms with van der Waals surface area (Å²) in [6.45, 7) is 3.08. The summed E-state index contributed by atoms with van der Waals surface area (Å²) in [5.41, 5.74) is 0.646. The number of nitrogens with one attached hydrogen (secondary N) is 1. The Morgan fingerprint density at radius 1 is 1.35 bits per heavy atom. The number of hydrogen-bond donors (Lipinski definition) is 2. The number of ether oxygens (including phenoxy) is 1. The number of anilines is 1. The highest BCUT2D eigenvalue weighted by Gasteiger charge is 2.23. The lowest BCUT2D eigenvalue weighted by Crippen LogP contribution is -2.17. The fourth-order valence-electron chi connectivity index (χ4n) is 2.33. The molecule has 0 fully saturated rings. The first kappa shape index (κ1) is 16.8. The zero-order valence-corrected chi connectivity index (χ0v) is 13.9. The van der Waals surface area contributed by atoms with E-state index in [-0.39, 0.29) is 21.8 Å². The average Bonchev–Trinajstić information content (AvgIpc) is 2.77. The number of nitrogens with zero attached hydrogens (tertiary/aromatic N) is 2. The van der Waals surface area contributed by atoms with Crippen molar-refractivity contribution in [3.8, 4) is 5.88 Å². The first-order valence-corrected chi connectivity index (χ1v) is 8.10. The maximum absolute atomic E-state index is 12.5. The molecule has 0 unspecified atom stereocenters. The normalized spacial score (nSPS) is 11.3. The molecule has 1 heterocycles. The standard InChI is InChI=1S/C14H17N3O5S/c1-8-5-6-10(9(2)13(8)14(18)19)23(20,21)16-11-7-12(22-4)17(3)15-11/h5-7H,1-4H3,(H,15,16)(H,18,19). The molecule has 23 heavy (non-hydrogen) atoms. The maximum Gasteiger partial charge on any atom is 0.336 e. The average molecular weight is 339 g/mol. The fourth-order valence-corrected chi connectivity index (χ4v) is 3.57. The monoisotopic (exact) mass is 339 g/mol. The second-order valence-electron chi connectivity index (χ2n) is 4.99. The van der Waals surface area contributed by atoms with Crippen molar-refractivity contribution in [1.82, 2.24) is 9.78 Å². The van der Waals surface area contributed by atoms with Crippen molar-refractivity contribution < 1.29 is 23.1 Å². The SMILES string of the molecule is COc1cc(NS(=O)(=O)c2ccc(C)c(C(=O)O)c2C)nn1C. The number of aromatic nitrogens is 2. The number of sulfonamides is 1. The van der Waals surface area contributed by atoms with E-state index in [9.17, 15) is 18.3 Å². The lowest BCUT2D eigenvalue weighted by molar-refractivity contribution is 0.0695. The molecule has 0 amide bonds. The third-order valence-electron chi connectivity index (χ3n) is 3.41. The molecule has 0 bridgehead atoms. The third-order valence-corrected chi connectivity index (χ3v) is 4.91. The minimum atomic E-state index is -3.97. The van der Waals surface area contributed by atoms with Crippen LogP contribution in [0.15, 0.2) is 23.1 Å². The Hall–Kier alpha value is -2.55. The number of aryl methyl sites for hydroxylation is 2. The van der Waals surface area contributed by atoms with E-state index in [1.807, 2.05) is 0 Å². The van der Waals surface area contributed by atoms with Crippen LogP contribution in [-0.2, 0) is 17.1 Å². The van der Waals surface area contributed by atoms with Crippen LogP contribution in [0.25, 0.3) is 0 Å². The molecule has 1 aromatic carbocycles.